The van der Waals surface area contributed by atoms with Crippen molar-refractivity contribution in [2.45, 2.75) is 19.4 Å². The fraction of sp³-hybridized carbons (Fsp3) is 0.500. The van der Waals surface area contributed by atoms with Crippen LogP contribution in [0.3, 0.4) is 0 Å². The van der Waals surface area contributed by atoms with E-state index in [1.54, 1.807) is 7.11 Å². The highest BCUT2D eigenvalue weighted by Gasteiger charge is 2.43. The van der Waals surface area contributed by atoms with Crippen LogP contribution in [0.2, 0.25) is 0 Å². The van der Waals surface area contributed by atoms with Crippen molar-refractivity contribution >= 4 is 27.6 Å². The van der Waals surface area contributed by atoms with Crippen LogP contribution in [0.4, 0.5) is 5.69 Å². The Hall–Kier alpha value is -1.07. The Kier molecular flexibility index (Phi) is 5.82. The summed E-state index contributed by atoms with van der Waals surface area (Å²) in [5.41, 5.74) is -0.0601. The molecule has 0 saturated carbocycles. The Balaban J connectivity index is 3.12. The van der Waals surface area contributed by atoms with E-state index in [4.69, 9.17) is 9.47 Å². The van der Waals surface area contributed by atoms with Crippen molar-refractivity contribution in [3.63, 3.8) is 0 Å². The molecule has 0 amide bonds. The maximum Gasteiger partial charge on any atom is 0.334 e. The van der Waals surface area contributed by atoms with Crippen molar-refractivity contribution < 1.29 is 14.3 Å². The highest BCUT2D eigenvalue weighted by molar-refractivity contribution is 9.10. The minimum Gasteiger partial charge on any atom is -0.467 e. The van der Waals surface area contributed by atoms with Gasteiger partial charge in [-0.2, -0.15) is 0 Å². The molecule has 1 aromatic carbocycles. The number of hydrogen-bond donors (Lipinski definition) is 1. The van der Waals surface area contributed by atoms with Gasteiger partial charge in [0.25, 0.3) is 0 Å². The van der Waals surface area contributed by atoms with Gasteiger partial charge >= 0.3 is 5.97 Å². The summed E-state index contributed by atoms with van der Waals surface area (Å²) in [5.74, 6) is -0.316. The molecule has 106 valence electrons. The van der Waals surface area contributed by atoms with Crippen LogP contribution in [0.15, 0.2) is 28.7 Å². The third-order valence-electron chi connectivity index (χ3n) is 3.10. The topological polar surface area (TPSA) is 47.6 Å². The molecule has 1 N–H and O–H groups in total. The van der Waals surface area contributed by atoms with E-state index in [9.17, 15) is 4.79 Å². The SMILES string of the molecule is COCC(Nc1cccc(Br)c1)(C(=O)OC)C(C)C. The average Bonchev–Trinajstić information content (AvgIpc) is 2.37. The summed E-state index contributed by atoms with van der Waals surface area (Å²) >= 11 is 3.41. The van der Waals surface area contributed by atoms with Crippen LogP contribution in [0.25, 0.3) is 0 Å². The quantitative estimate of drug-likeness (QED) is 0.815. The van der Waals surface area contributed by atoms with E-state index in [2.05, 4.69) is 21.2 Å². The molecule has 1 atom stereocenters. The van der Waals surface area contributed by atoms with Crippen molar-refractivity contribution in [1.82, 2.24) is 0 Å². The zero-order valence-corrected chi connectivity index (χ0v) is 13.3. The van der Waals surface area contributed by atoms with Crippen molar-refractivity contribution in [3.8, 4) is 0 Å². The Morgan fingerprint density at radius 1 is 1.42 bits per heavy atom. The van der Waals surface area contributed by atoms with Crippen LogP contribution in [-0.4, -0.2) is 32.3 Å². The Labute approximate surface area is 122 Å². The van der Waals surface area contributed by atoms with Gasteiger partial charge in [0.05, 0.1) is 13.7 Å². The number of benzene rings is 1. The van der Waals surface area contributed by atoms with Crippen LogP contribution in [0.1, 0.15) is 13.8 Å². The Bertz CT molecular complexity index is 436. The average molecular weight is 330 g/mol. The van der Waals surface area contributed by atoms with E-state index in [1.807, 2.05) is 38.1 Å². The predicted octanol–water partition coefficient (Wildman–Crippen LogP) is 3.08. The third kappa shape index (κ3) is 3.70. The van der Waals surface area contributed by atoms with Gasteiger partial charge in [0.15, 0.2) is 5.54 Å². The molecule has 0 bridgehead atoms. The first-order chi connectivity index (χ1) is 8.96. The lowest BCUT2D eigenvalue weighted by Crippen LogP contribution is -2.55. The van der Waals surface area contributed by atoms with Gasteiger partial charge in [0.2, 0.25) is 0 Å². The van der Waals surface area contributed by atoms with E-state index in [0.29, 0.717) is 0 Å². The lowest BCUT2D eigenvalue weighted by Gasteiger charge is -2.35. The van der Waals surface area contributed by atoms with Gasteiger partial charge in [0.1, 0.15) is 0 Å². The summed E-state index contributed by atoms with van der Waals surface area (Å²) in [7, 11) is 2.96. The molecule has 1 unspecified atom stereocenters. The molecule has 5 heteroatoms. The second kappa shape index (κ2) is 6.91. The van der Waals surface area contributed by atoms with Gasteiger partial charge in [-0.3, -0.25) is 0 Å². The predicted molar refractivity (Wildman–Crippen MR) is 79.2 cm³/mol. The summed E-state index contributed by atoms with van der Waals surface area (Å²) in [5, 5.41) is 3.25. The number of rotatable bonds is 6. The fourth-order valence-corrected chi connectivity index (χ4v) is 2.33. The van der Waals surface area contributed by atoms with Gasteiger partial charge in [-0.25, -0.2) is 4.79 Å². The highest BCUT2D eigenvalue weighted by Crippen LogP contribution is 2.27. The van der Waals surface area contributed by atoms with Crippen molar-refractivity contribution in [1.29, 1.82) is 0 Å². The second-order valence-electron chi connectivity index (χ2n) is 4.69. The number of carbonyl (C=O) groups excluding carboxylic acids is 1. The van der Waals surface area contributed by atoms with Crippen molar-refractivity contribution in [2.24, 2.45) is 5.92 Å². The first kappa shape index (κ1) is 16.0. The molecule has 0 heterocycles. The molecule has 0 aliphatic heterocycles. The monoisotopic (exact) mass is 329 g/mol. The van der Waals surface area contributed by atoms with Gasteiger partial charge in [-0.1, -0.05) is 35.8 Å². The summed E-state index contributed by atoms with van der Waals surface area (Å²) in [6.45, 7) is 4.16. The maximum absolute atomic E-state index is 12.2. The molecular formula is C14H20BrNO3. The van der Waals surface area contributed by atoms with Crippen LogP contribution < -0.4 is 5.32 Å². The highest BCUT2D eigenvalue weighted by atomic mass is 79.9. The Morgan fingerprint density at radius 3 is 2.58 bits per heavy atom. The number of esters is 1. The molecule has 0 aliphatic carbocycles. The number of nitrogens with one attached hydrogen (secondary N) is 1. The van der Waals surface area contributed by atoms with E-state index in [0.717, 1.165) is 10.2 Å². The zero-order chi connectivity index (χ0) is 14.5. The number of ether oxygens (including phenoxy) is 2. The van der Waals surface area contributed by atoms with Crippen LogP contribution in [-0.2, 0) is 14.3 Å². The van der Waals surface area contributed by atoms with Crippen molar-refractivity contribution in [2.75, 3.05) is 26.1 Å². The smallest absolute Gasteiger partial charge is 0.334 e. The molecule has 0 spiro atoms. The minimum atomic E-state index is -0.899. The first-order valence-electron chi connectivity index (χ1n) is 6.07. The van der Waals surface area contributed by atoms with E-state index in [-0.39, 0.29) is 18.5 Å². The molecule has 0 aromatic heterocycles. The van der Waals surface area contributed by atoms with Crippen LogP contribution >= 0.6 is 15.9 Å². The molecule has 19 heavy (non-hydrogen) atoms. The summed E-state index contributed by atoms with van der Waals surface area (Å²) in [6.07, 6.45) is 0. The lowest BCUT2D eigenvalue weighted by atomic mass is 9.86. The number of methoxy groups -OCH3 is 2. The molecule has 1 rings (SSSR count). The number of anilines is 1. The largest absolute Gasteiger partial charge is 0.467 e. The summed E-state index contributed by atoms with van der Waals surface area (Å²) in [4.78, 5) is 12.2. The molecule has 0 saturated heterocycles. The lowest BCUT2D eigenvalue weighted by molar-refractivity contribution is -0.150. The Morgan fingerprint density at radius 2 is 2.11 bits per heavy atom. The maximum atomic E-state index is 12.2. The van der Waals surface area contributed by atoms with E-state index >= 15 is 0 Å². The minimum absolute atomic E-state index is 0.0129. The van der Waals surface area contributed by atoms with Crippen LogP contribution in [0.5, 0.6) is 0 Å². The molecule has 0 radical (unpaired) electrons. The summed E-state index contributed by atoms with van der Waals surface area (Å²) in [6, 6.07) is 7.65. The molecule has 1 aromatic rings. The van der Waals surface area contributed by atoms with Gasteiger partial charge in [-0.05, 0) is 24.1 Å². The molecule has 4 nitrogen and oxygen atoms in total. The van der Waals surface area contributed by atoms with Gasteiger partial charge < -0.3 is 14.8 Å². The van der Waals surface area contributed by atoms with Gasteiger partial charge in [0, 0.05) is 17.3 Å². The van der Waals surface area contributed by atoms with Crippen molar-refractivity contribution in [3.05, 3.63) is 28.7 Å². The zero-order valence-electron chi connectivity index (χ0n) is 11.7. The molecular weight excluding hydrogens is 310 g/mol. The first-order valence-corrected chi connectivity index (χ1v) is 6.86. The number of hydrogen-bond acceptors (Lipinski definition) is 4. The van der Waals surface area contributed by atoms with Gasteiger partial charge in [-0.15, -0.1) is 0 Å². The van der Waals surface area contributed by atoms with E-state index in [1.165, 1.54) is 7.11 Å². The second-order valence-corrected chi connectivity index (χ2v) is 5.60. The van der Waals surface area contributed by atoms with Crippen LogP contribution in [0, 0.1) is 5.92 Å². The normalized spacial score (nSPS) is 14.0. The number of halogens is 1. The summed E-state index contributed by atoms with van der Waals surface area (Å²) < 4.78 is 11.1. The van der Waals surface area contributed by atoms with E-state index < -0.39 is 5.54 Å². The molecule has 0 aliphatic rings. The number of carbonyl (C=O) groups is 1. The third-order valence-corrected chi connectivity index (χ3v) is 3.59. The fourth-order valence-electron chi connectivity index (χ4n) is 1.93. The molecule has 0 fully saturated rings. The standard InChI is InChI=1S/C14H20BrNO3/c1-10(2)14(9-18-3,13(17)19-4)16-12-7-5-6-11(15)8-12/h5-8,10,16H,9H2,1-4H3.